The Morgan fingerprint density at radius 1 is 0.929 bits per heavy atom. The average molecular weight is 425 g/mol. The predicted octanol–water partition coefficient (Wildman–Crippen LogP) is 2.10. The minimum Gasteiger partial charge on any atom is -0.462 e. The van der Waals surface area contributed by atoms with E-state index in [9.17, 15) is 21.6 Å². The molecule has 1 saturated carbocycles. The third kappa shape index (κ3) is 4.89. The van der Waals surface area contributed by atoms with Crippen LogP contribution in [0, 0.1) is 0 Å². The fourth-order valence-corrected chi connectivity index (χ4v) is 4.75. The second-order valence-electron chi connectivity index (χ2n) is 6.27. The van der Waals surface area contributed by atoms with Gasteiger partial charge in [0.2, 0.25) is 10.0 Å². The van der Waals surface area contributed by atoms with Crippen LogP contribution in [-0.4, -0.2) is 35.5 Å². The number of carbonyl (C=O) groups is 1. The maximum atomic E-state index is 12.5. The second-order valence-corrected chi connectivity index (χ2v) is 9.67. The highest BCUT2D eigenvalue weighted by molar-refractivity contribution is 7.92. The lowest BCUT2D eigenvalue weighted by molar-refractivity contribution is 0.0526. The van der Waals surface area contributed by atoms with Gasteiger partial charge in [-0.3, -0.25) is 4.72 Å². The molecule has 10 heteroatoms. The van der Waals surface area contributed by atoms with Crippen LogP contribution in [0.5, 0.6) is 0 Å². The standard InChI is InChI=1S/C18H20N2O6S2/c1-2-26-18(21)13-3-9-16(10-4-13)27(22,23)20-15-7-11-17(12-8-15)28(24,25)19-14-5-6-14/h3-4,7-12,14,19-20H,2,5-6H2,1H3. The number of anilines is 1. The molecule has 0 saturated heterocycles. The minimum atomic E-state index is -3.89. The van der Waals surface area contributed by atoms with Crippen molar-refractivity contribution in [2.75, 3.05) is 11.3 Å². The molecular formula is C18H20N2O6S2. The number of sulfonamides is 2. The molecule has 0 aliphatic heterocycles. The fraction of sp³-hybridized carbons (Fsp3) is 0.278. The van der Waals surface area contributed by atoms with E-state index in [1.165, 1.54) is 48.5 Å². The zero-order valence-corrected chi connectivity index (χ0v) is 16.7. The van der Waals surface area contributed by atoms with Gasteiger partial charge >= 0.3 is 5.97 Å². The van der Waals surface area contributed by atoms with E-state index in [-0.39, 0.29) is 33.7 Å². The van der Waals surface area contributed by atoms with Gasteiger partial charge in [-0.05, 0) is 68.3 Å². The van der Waals surface area contributed by atoms with Crippen molar-refractivity contribution in [1.82, 2.24) is 4.72 Å². The Balaban J connectivity index is 1.72. The summed E-state index contributed by atoms with van der Waals surface area (Å²) in [5.74, 6) is -0.531. The van der Waals surface area contributed by atoms with Crippen LogP contribution in [0.2, 0.25) is 0 Å². The molecule has 0 unspecified atom stereocenters. The van der Waals surface area contributed by atoms with E-state index in [1.54, 1.807) is 6.92 Å². The largest absolute Gasteiger partial charge is 0.462 e. The molecule has 8 nitrogen and oxygen atoms in total. The first kappa shape index (κ1) is 20.3. The minimum absolute atomic E-state index is 0.0132. The lowest BCUT2D eigenvalue weighted by Crippen LogP contribution is -2.25. The van der Waals surface area contributed by atoms with E-state index >= 15 is 0 Å². The van der Waals surface area contributed by atoms with Gasteiger partial charge in [0.1, 0.15) is 0 Å². The molecule has 0 radical (unpaired) electrons. The van der Waals surface area contributed by atoms with Crippen LogP contribution in [0.1, 0.15) is 30.1 Å². The first-order valence-corrected chi connectivity index (χ1v) is 11.6. The summed E-state index contributed by atoms with van der Waals surface area (Å²) in [6.07, 6.45) is 1.65. The highest BCUT2D eigenvalue weighted by atomic mass is 32.2. The van der Waals surface area contributed by atoms with E-state index in [0.717, 1.165) is 12.8 Å². The average Bonchev–Trinajstić information content (AvgIpc) is 3.45. The Labute approximate surface area is 164 Å². The van der Waals surface area contributed by atoms with Crippen LogP contribution in [0.15, 0.2) is 58.3 Å². The van der Waals surface area contributed by atoms with Gasteiger partial charge in [-0.1, -0.05) is 0 Å². The van der Waals surface area contributed by atoms with Crippen LogP contribution in [-0.2, 0) is 24.8 Å². The summed E-state index contributed by atoms with van der Waals surface area (Å²) in [6.45, 7) is 1.90. The number of ether oxygens (including phenoxy) is 1. The Bertz CT molecular complexity index is 1060. The Kier molecular flexibility index (Phi) is 5.73. The van der Waals surface area contributed by atoms with Gasteiger partial charge in [-0.15, -0.1) is 0 Å². The SMILES string of the molecule is CCOC(=O)c1ccc(S(=O)(=O)Nc2ccc(S(=O)(=O)NC3CC3)cc2)cc1. The molecule has 2 aromatic carbocycles. The molecule has 2 aromatic rings. The number of rotatable bonds is 8. The number of carbonyl (C=O) groups excluding carboxylic acids is 1. The van der Waals surface area contributed by atoms with Crippen molar-refractivity contribution in [1.29, 1.82) is 0 Å². The molecule has 150 valence electrons. The molecular weight excluding hydrogens is 404 g/mol. The maximum absolute atomic E-state index is 12.5. The second kappa shape index (κ2) is 7.90. The van der Waals surface area contributed by atoms with Crippen molar-refractivity contribution in [3.63, 3.8) is 0 Å². The number of hydrogen-bond acceptors (Lipinski definition) is 6. The molecule has 1 fully saturated rings. The van der Waals surface area contributed by atoms with Crippen molar-refractivity contribution in [3.05, 3.63) is 54.1 Å². The normalized spacial score (nSPS) is 14.5. The van der Waals surface area contributed by atoms with E-state index < -0.39 is 26.0 Å². The van der Waals surface area contributed by atoms with Crippen LogP contribution < -0.4 is 9.44 Å². The summed E-state index contributed by atoms with van der Waals surface area (Å²) in [4.78, 5) is 11.7. The topological polar surface area (TPSA) is 119 Å². The molecule has 0 bridgehead atoms. The summed E-state index contributed by atoms with van der Waals surface area (Å²) in [7, 11) is -7.49. The van der Waals surface area contributed by atoms with Crippen molar-refractivity contribution < 1.29 is 26.4 Å². The van der Waals surface area contributed by atoms with E-state index in [0.29, 0.717) is 0 Å². The highest BCUT2D eigenvalue weighted by Gasteiger charge is 2.28. The smallest absolute Gasteiger partial charge is 0.338 e. The Morgan fingerprint density at radius 3 is 2.00 bits per heavy atom. The van der Waals surface area contributed by atoms with Gasteiger partial charge in [-0.2, -0.15) is 0 Å². The number of esters is 1. The fourth-order valence-electron chi connectivity index (χ4n) is 2.39. The first-order valence-electron chi connectivity index (χ1n) is 8.64. The van der Waals surface area contributed by atoms with Gasteiger partial charge in [0.25, 0.3) is 10.0 Å². The van der Waals surface area contributed by atoms with E-state index in [4.69, 9.17) is 4.74 Å². The van der Waals surface area contributed by atoms with Crippen LogP contribution in [0.4, 0.5) is 5.69 Å². The number of benzene rings is 2. The van der Waals surface area contributed by atoms with Crippen molar-refractivity contribution >= 4 is 31.7 Å². The van der Waals surface area contributed by atoms with Gasteiger partial charge in [0, 0.05) is 11.7 Å². The lowest BCUT2D eigenvalue weighted by atomic mass is 10.2. The van der Waals surface area contributed by atoms with E-state index in [2.05, 4.69) is 9.44 Å². The van der Waals surface area contributed by atoms with Gasteiger partial charge in [-0.25, -0.2) is 26.4 Å². The summed E-state index contributed by atoms with van der Waals surface area (Å²) >= 11 is 0. The Morgan fingerprint density at radius 2 is 1.46 bits per heavy atom. The lowest BCUT2D eigenvalue weighted by Gasteiger charge is -2.10. The van der Waals surface area contributed by atoms with Crippen molar-refractivity contribution in [2.45, 2.75) is 35.6 Å². The Hall–Kier alpha value is -2.43. The third-order valence-electron chi connectivity index (χ3n) is 3.99. The summed E-state index contributed by atoms with van der Waals surface area (Å²) in [5.41, 5.74) is 0.471. The van der Waals surface area contributed by atoms with Crippen LogP contribution in [0.3, 0.4) is 0 Å². The first-order chi connectivity index (χ1) is 13.2. The zero-order chi connectivity index (χ0) is 20.4. The molecule has 1 aliphatic rings. The van der Waals surface area contributed by atoms with Gasteiger partial charge in [0.05, 0.1) is 22.0 Å². The summed E-state index contributed by atoms with van der Waals surface area (Å²) in [6, 6.07) is 10.8. The maximum Gasteiger partial charge on any atom is 0.338 e. The van der Waals surface area contributed by atoms with E-state index in [1.807, 2.05) is 0 Å². The quantitative estimate of drug-likeness (QED) is 0.627. The van der Waals surface area contributed by atoms with Gasteiger partial charge < -0.3 is 4.74 Å². The molecule has 2 N–H and O–H groups in total. The summed E-state index contributed by atoms with van der Waals surface area (Å²) in [5, 5.41) is 0. The number of hydrogen-bond donors (Lipinski definition) is 2. The van der Waals surface area contributed by atoms with Crippen LogP contribution in [0.25, 0.3) is 0 Å². The molecule has 0 heterocycles. The molecule has 1 aliphatic carbocycles. The number of nitrogens with one attached hydrogen (secondary N) is 2. The highest BCUT2D eigenvalue weighted by Crippen LogP contribution is 2.23. The molecule has 0 aromatic heterocycles. The van der Waals surface area contributed by atoms with Crippen molar-refractivity contribution in [3.8, 4) is 0 Å². The van der Waals surface area contributed by atoms with Gasteiger partial charge in [0.15, 0.2) is 0 Å². The predicted molar refractivity (Wildman–Crippen MR) is 103 cm³/mol. The zero-order valence-electron chi connectivity index (χ0n) is 15.1. The molecule has 3 rings (SSSR count). The van der Waals surface area contributed by atoms with Crippen molar-refractivity contribution in [2.24, 2.45) is 0 Å². The molecule has 28 heavy (non-hydrogen) atoms. The monoisotopic (exact) mass is 424 g/mol. The molecule has 0 atom stereocenters. The third-order valence-corrected chi connectivity index (χ3v) is 6.93. The molecule has 0 spiro atoms. The summed E-state index contributed by atoms with van der Waals surface area (Å²) < 4.78 is 59.1. The van der Waals surface area contributed by atoms with Crippen LogP contribution >= 0.6 is 0 Å². The molecule has 0 amide bonds.